The fourth-order valence-electron chi connectivity index (χ4n) is 3.28. The van der Waals surface area contributed by atoms with E-state index < -0.39 is 0 Å². The van der Waals surface area contributed by atoms with Crippen LogP contribution in [0.2, 0.25) is 0 Å². The summed E-state index contributed by atoms with van der Waals surface area (Å²) in [5.41, 5.74) is 1.11. The van der Waals surface area contributed by atoms with Crippen LogP contribution >= 0.6 is 11.3 Å². The SMILES string of the molecule is COc1ccc(NC(=O)CN(C)c2nc(-c3cc(OCCO)ccn3)nc3sc(C)cc23)cn1. The van der Waals surface area contributed by atoms with E-state index in [2.05, 4.69) is 20.3 Å². The molecule has 0 radical (unpaired) electrons. The zero-order valence-electron chi connectivity index (χ0n) is 19.0. The van der Waals surface area contributed by atoms with E-state index in [0.717, 1.165) is 15.1 Å². The van der Waals surface area contributed by atoms with Crippen LogP contribution in [-0.4, -0.2) is 64.9 Å². The third-order valence-electron chi connectivity index (χ3n) is 4.79. The molecular weight excluding hydrogens is 456 g/mol. The normalized spacial score (nSPS) is 10.8. The molecular formula is C23H24N6O4S. The summed E-state index contributed by atoms with van der Waals surface area (Å²) >= 11 is 1.55. The summed E-state index contributed by atoms with van der Waals surface area (Å²) in [6, 6.07) is 8.85. The number of anilines is 2. The minimum atomic E-state index is -0.216. The number of aliphatic hydroxyl groups excluding tert-OH is 1. The van der Waals surface area contributed by atoms with Gasteiger partial charge in [0.05, 0.1) is 37.5 Å². The standard InChI is InChI=1S/C23H24N6O4S/c1-14-10-17-22(29(2)13-19(31)26-15-4-5-20(32-3)25-12-15)27-21(28-23(17)34-14)18-11-16(6-7-24-18)33-9-8-30/h4-7,10-12,30H,8-9,13H2,1-3H3,(H,26,31). The molecule has 0 bridgehead atoms. The van der Waals surface area contributed by atoms with Gasteiger partial charge in [0.2, 0.25) is 11.8 Å². The monoisotopic (exact) mass is 480 g/mol. The molecule has 34 heavy (non-hydrogen) atoms. The molecule has 0 unspecified atom stereocenters. The van der Waals surface area contributed by atoms with E-state index in [1.165, 1.54) is 13.3 Å². The number of aryl methyl sites for hydroxylation is 1. The van der Waals surface area contributed by atoms with E-state index in [9.17, 15) is 4.79 Å². The Morgan fingerprint density at radius 1 is 1.21 bits per heavy atom. The lowest BCUT2D eigenvalue weighted by Gasteiger charge is -2.19. The smallest absolute Gasteiger partial charge is 0.243 e. The molecule has 4 aromatic rings. The quantitative estimate of drug-likeness (QED) is 0.372. The average Bonchev–Trinajstić information content (AvgIpc) is 3.22. The molecule has 0 atom stereocenters. The van der Waals surface area contributed by atoms with Gasteiger partial charge in [-0.1, -0.05) is 0 Å². The van der Waals surface area contributed by atoms with E-state index >= 15 is 0 Å². The number of ether oxygens (including phenoxy) is 2. The fourth-order valence-corrected chi connectivity index (χ4v) is 4.16. The molecule has 1 amide bonds. The van der Waals surface area contributed by atoms with Crippen molar-refractivity contribution < 1.29 is 19.4 Å². The minimum Gasteiger partial charge on any atom is -0.491 e. The third kappa shape index (κ3) is 5.38. The van der Waals surface area contributed by atoms with Gasteiger partial charge >= 0.3 is 0 Å². The lowest BCUT2D eigenvalue weighted by molar-refractivity contribution is -0.114. The predicted molar refractivity (Wildman–Crippen MR) is 131 cm³/mol. The van der Waals surface area contributed by atoms with Crippen LogP contribution in [-0.2, 0) is 4.79 Å². The Kier molecular flexibility index (Phi) is 7.14. The number of hydrogen-bond donors (Lipinski definition) is 2. The van der Waals surface area contributed by atoms with Gasteiger partial charge < -0.3 is 24.8 Å². The molecule has 11 heteroatoms. The van der Waals surface area contributed by atoms with E-state index in [1.807, 2.05) is 13.0 Å². The van der Waals surface area contributed by atoms with Crippen molar-refractivity contribution in [1.29, 1.82) is 0 Å². The molecule has 2 N–H and O–H groups in total. The summed E-state index contributed by atoms with van der Waals surface area (Å²) in [5.74, 6) is 1.86. The van der Waals surface area contributed by atoms with Crippen LogP contribution < -0.4 is 19.7 Å². The first-order valence-corrected chi connectivity index (χ1v) is 11.3. The third-order valence-corrected chi connectivity index (χ3v) is 5.73. The predicted octanol–water partition coefficient (Wildman–Crippen LogP) is 2.91. The van der Waals surface area contributed by atoms with Crippen molar-refractivity contribution in [2.75, 3.05) is 44.1 Å². The van der Waals surface area contributed by atoms with Crippen molar-refractivity contribution >= 4 is 39.0 Å². The number of aromatic nitrogens is 4. The summed E-state index contributed by atoms with van der Waals surface area (Å²) in [5, 5.41) is 12.7. The second-order valence-electron chi connectivity index (χ2n) is 7.39. The number of methoxy groups -OCH3 is 1. The maximum absolute atomic E-state index is 12.7. The van der Waals surface area contributed by atoms with Gasteiger partial charge in [-0.25, -0.2) is 15.0 Å². The van der Waals surface area contributed by atoms with Crippen molar-refractivity contribution in [3.05, 3.63) is 47.6 Å². The van der Waals surface area contributed by atoms with Crippen LogP contribution in [0.1, 0.15) is 4.88 Å². The zero-order valence-corrected chi connectivity index (χ0v) is 19.8. The van der Waals surface area contributed by atoms with Crippen LogP contribution in [0, 0.1) is 6.92 Å². The zero-order chi connectivity index (χ0) is 24.1. The van der Waals surface area contributed by atoms with Gasteiger partial charge in [-0.05, 0) is 25.1 Å². The largest absolute Gasteiger partial charge is 0.491 e. The van der Waals surface area contributed by atoms with Gasteiger partial charge in [-0.3, -0.25) is 9.78 Å². The number of amides is 1. The molecule has 4 heterocycles. The van der Waals surface area contributed by atoms with Gasteiger partial charge in [0, 0.05) is 30.3 Å². The molecule has 0 saturated heterocycles. The number of aliphatic hydroxyl groups is 1. The van der Waals surface area contributed by atoms with E-state index in [4.69, 9.17) is 19.6 Å². The molecule has 0 aromatic carbocycles. The van der Waals surface area contributed by atoms with Gasteiger partial charge in [-0.15, -0.1) is 11.3 Å². The summed E-state index contributed by atoms with van der Waals surface area (Å²) in [4.78, 5) is 34.3. The molecule has 0 aliphatic carbocycles. The summed E-state index contributed by atoms with van der Waals surface area (Å²) in [6.45, 7) is 2.17. The van der Waals surface area contributed by atoms with Gasteiger partial charge in [0.1, 0.15) is 28.7 Å². The minimum absolute atomic E-state index is 0.0690. The first kappa shape index (κ1) is 23.3. The number of thiophene rings is 1. The maximum Gasteiger partial charge on any atom is 0.243 e. The van der Waals surface area contributed by atoms with E-state index in [-0.39, 0.29) is 25.7 Å². The summed E-state index contributed by atoms with van der Waals surface area (Å²) < 4.78 is 10.5. The second-order valence-corrected chi connectivity index (χ2v) is 8.62. The summed E-state index contributed by atoms with van der Waals surface area (Å²) in [7, 11) is 3.34. The van der Waals surface area contributed by atoms with E-state index in [1.54, 1.807) is 53.7 Å². The van der Waals surface area contributed by atoms with E-state index in [0.29, 0.717) is 34.7 Å². The number of likely N-dealkylation sites (N-methyl/N-ethyl adjacent to an activating group) is 1. The Hall–Kier alpha value is -3.83. The first-order valence-electron chi connectivity index (χ1n) is 10.5. The fraction of sp³-hybridized carbons (Fsp3) is 0.261. The van der Waals surface area contributed by atoms with Crippen molar-refractivity contribution in [2.45, 2.75) is 6.92 Å². The molecule has 4 rings (SSSR count). The molecule has 0 aliphatic rings. The lowest BCUT2D eigenvalue weighted by atomic mass is 10.3. The highest BCUT2D eigenvalue weighted by Crippen LogP contribution is 2.32. The number of nitrogens with zero attached hydrogens (tertiary/aromatic N) is 5. The number of rotatable bonds is 9. The van der Waals surface area contributed by atoms with Gasteiger partial charge in [-0.2, -0.15) is 0 Å². The Bertz CT molecular complexity index is 1290. The Labute approximate surface area is 200 Å². The van der Waals surface area contributed by atoms with Crippen molar-refractivity contribution in [3.8, 4) is 23.1 Å². The average molecular weight is 481 g/mol. The van der Waals surface area contributed by atoms with Crippen LogP contribution in [0.25, 0.3) is 21.7 Å². The first-order chi connectivity index (χ1) is 16.5. The maximum atomic E-state index is 12.7. The van der Waals surface area contributed by atoms with Crippen molar-refractivity contribution in [3.63, 3.8) is 0 Å². The molecule has 0 aliphatic heterocycles. The number of pyridine rings is 2. The molecule has 0 fully saturated rings. The molecule has 176 valence electrons. The number of fused-ring (bicyclic) bond motifs is 1. The molecule has 10 nitrogen and oxygen atoms in total. The molecule has 0 spiro atoms. The number of carbonyl (C=O) groups is 1. The van der Waals surface area contributed by atoms with Crippen LogP contribution in [0.4, 0.5) is 11.5 Å². The highest BCUT2D eigenvalue weighted by molar-refractivity contribution is 7.18. The Morgan fingerprint density at radius 2 is 2.06 bits per heavy atom. The van der Waals surface area contributed by atoms with Crippen LogP contribution in [0.3, 0.4) is 0 Å². The Morgan fingerprint density at radius 3 is 2.79 bits per heavy atom. The van der Waals surface area contributed by atoms with Crippen LogP contribution in [0.15, 0.2) is 42.7 Å². The highest BCUT2D eigenvalue weighted by Gasteiger charge is 2.18. The Balaban J connectivity index is 1.60. The second kappa shape index (κ2) is 10.4. The number of carbonyl (C=O) groups excluding carboxylic acids is 1. The topological polar surface area (TPSA) is 123 Å². The number of nitrogens with one attached hydrogen (secondary N) is 1. The molecule has 4 aromatic heterocycles. The van der Waals surface area contributed by atoms with Crippen LogP contribution in [0.5, 0.6) is 11.6 Å². The lowest BCUT2D eigenvalue weighted by Crippen LogP contribution is -2.31. The summed E-state index contributed by atoms with van der Waals surface area (Å²) in [6.07, 6.45) is 3.15. The molecule has 0 saturated carbocycles. The van der Waals surface area contributed by atoms with Crippen molar-refractivity contribution in [1.82, 2.24) is 19.9 Å². The highest BCUT2D eigenvalue weighted by atomic mass is 32.1. The van der Waals surface area contributed by atoms with Crippen molar-refractivity contribution in [2.24, 2.45) is 0 Å². The van der Waals surface area contributed by atoms with Gasteiger partial charge in [0.25, 0.3) is 0 Å². The van der Waals surface area contributed by atoms with Gasteiger partial charge in [0.15, 0.2) is 5.82 Å². The number of hydrogen-bond acceptors (Lipinski definition) is 10.